The maximum atomic E-state index is 12.1. The average Bonchev–Trinajstić information content (AvgIpc) is 2.87. The zero-order valence-electron chi connectivity index (χ0n) is 12.0. The minimum atomic E-state index is -1.07. The average molecular weight is 435 g/mol. The van der Waals surface area contributed by atoms with Crippen LogP contribution in [0, 0.1) is 3.57 Å². The lowest BCUT2D eigenvalue weighted by Gasteiger charge is -2.02. The molecule has 3 N–H and O–H groups in total. The highest BCUT2D eigenvalue weighted by atomic mass is 127. The zero-order chi connectivity index (χ0) is 17.3. The number of hydrogen-bond donors (Lipinski definition) is 3. The molecule has 0 radical (unpaired) electrons. The quantitative estimate of drug-likeness (QED) is 0.507. The smallest absolute Gasteiger partial charge is 0.335 e. The van der Waals surface area contributed by atoms with Gasteiger partial charge in [-0.15, -0.1) is 0 Å². The van der Waals surface area contributed by atoms with Crippen LogP contribution in [-0.2, 0) is 4.79 Å². The number of carbonyl (C=O) groups excluding carboxylic acids is 2. The molecule has 0 saturated carbocycles. The van der Waals surface area contributed by atoms with Crippen molar-refractivity contribution in [2.75, 3.05) is 5.32 Å². The molecule has 0 bridgehead atoms. The first-order valence-corrected chi connectivity index (χ1v) is 7.86. The summed E-state index contributed by atoms with van der Waals surface area (Å²) in [6.07, 6.45) is 0. The molecule has 0 atom stereocenters. The summed E-state index contributed by atoms with van der Waals surface area (Å²) >= 11 is 2.12. The molecular formula is C16H10IN3O4. The van der Waals surface area contributed by atoms with Gasteiger partial charge in [0.1, 0.15) is 0 Å². The highest BCUT2D eigenvalue weighted by Crippen LogP contribution is 2.25. The van der Waals surface area contributed by atoms with Gasteiger partial charge < -0.3 is 10.4 Å². The third-order valence-corrected chi connectivity index (χ3v) is 4.03. The predicted molar refractivity (Wildman–Crippen MR) is 95.2 cm³/mol. The molecule has 0 fully saturated rings. The highest BCUT2D eigenvalue weighted by molar-refractivity contribution is 14.1. The van der Waals surface area contributed by atoms with Gasteiger partial charge >= 0.3 is 5.97 Å². The van der Waals surface area contributed by atoms with E-state index in [9.17, 15) is 14.4 Å². The molecule has 1 aliphatic rings. The van der Waals surface area contributed by atoms with E-state index in [0.717, 1.165) is 3.57 Å². The summed E-state index contributed by atoms with van der Waals surface area (Å²) in [6.45, 7) is 0. The van der Waals surface area contributed by atoms with Crippen molar-refractivity contribution in [2.45, 2.75) is 0 Å². The van der Waals surface area contributed by atoms with E-state index >= 15 is 0 Å². The van der Waals surface area contributed by atoms with Crippen molar-refractivity contribution >= 4 is 51.8 Å². The summed E-state index contributed by atoms with van der Waals surface area (Å²) in [5.74, 6) is -2.00. The Kier molecular flexibility index (Phi) is 4.30. The largest absolute Gasteiger partial charge is 0.478 e. The van der Waals surface area contributed by atoms with Crippen LogP contribution in [0.3, 0.4) is 0 Å². The van der Waals surface area contributed by atoms with Crippen molar-refractivity contribution in [3.05, 3.63) is 62.7 Å². The van der Waals surface area contributed by atoms with Crippen molar-refractivity contribution in [3.63, 3.8) is 0 Å². The van der Waals surface area contributed by atoms with E-state index in [-0.39, 0.29) is 16.8 Å². The Hall–Kier alpha value is -2.75. The Morgan fingerprint density at radius 3 is 2.42 bits per heavy atom. The molecule has 1 aliphatic heterocycles. The highest BCUT2D eigenvalue weighted by Gasteiger charge is 2.26. The van der Waals surface area contributed by atoms with Gasteiger partial charge in [0.05, 0.1) is 11.3 Å². The van der Waals surface area contributed by atoms with E-state index in [1.165, 1.54) is 24.3 Å². The Labute approximate surface area is 149 Å². The van der Waals surface area contributed by atoms with Crippen molar-refractivity contribution in [1.29, 1.82) is 0 Å². The van der Waals surface area contributed by atoms with E-state index in [1.54, 1.807) is 12.1 Å². The van der Waals surface area contributed by atoms with Crippen LogP contribution in [0.4, 0.5) is 5.69 Å². The van der Waals surface area contributed by atoms with Crippen LogP contribution in [-0.4, -0.2) is 28.6 Å². The minimum absolute atomic E-state index is 0.0801. The standard InChI is InChI=1S/C16H10IN3O4/c17-10-5-6-12-11(7-10)13(15(22)18-12)19-20-14(21)8-1-3-9(4-2-8)16(23)24/h1-7H,(H,20,21)(H,23,24)(H,18,19,22). The minimum Gasteiger partial charge on any atom is -0.478 e. The van der Waals surface area contributed by atoms with Gasteiger partial charge in [0, 0.05) is 14.7 Å². The van der Waals surface area contributed by atoms with Crippen molar-refractivity contribution in [1.82, 2.24) is 5.43 Å². The number of carboxylic acid groups (broad SMARTS) is 1. The number of nitrogens with one attached hydrogen (secondary N) is 2. The molecule has 2 aromatic carbocycles. The molecule has 2 amide bonds. The lowest BCUT2D eigenvalue weighted by Crippen LogP contribution is -2.23. The first kappa shape index (κ1) is 16.1. The van der Waals surface area contributed by atoms with E-state index < -0.39 is 17.8 Å². The van der Waals surface area contributed by atoms with Gasteiger partial charge in [-0.2, -0.15) is 5.10 Å². The Morgan fingerprint density at radius 1 is 1.08 bits per heavy atom. The number of benzene rings is 2. The molecule has 0 spiro atoms. The summed E-state index contributed by atoms with van der Waals surface area (Å²) in [5, 5.41) is 15.4. The van der Waals surface area contributed by atoms with E-state index in [2.05, 4.69) is 38.4 Å². The van der Waals surface area contributed by atoms with Crippen molar-refractivity contribution in [2.24, 2.45) is 5.10 Å². The second kappa shape index (κ2) is 6.40. The van der Waals surface area contributed by atoms with Crippen LogP contribution in [0.5, 0.6) is 0 Å². The molecule has 3 rings (SSSR count). The lowest BCUT2D eigenvalue weighted by molar-refractivity contribution is -0.110. The fourth-order valence-electron chi connectivity index (χ4n) is 2.17. The Morgan fingerprint density at radius 2 is 1.75 bits per heavy atom. The van der Waals surface area contributed by atoms with E-state index in [0.29, 0.717) is 11.3 Å². The number of nitrogens with zero attached hydrogens (tertiary/aromatic N) is 1. The topological polar surface area (TPSA) is 108 Å². The molecule has 1 heterocycles. The lowest BCUT2D eigenvalue weighted by atomic mass is 10.1. The van der Waals surface area contributed by atoms with Crippen LogP contribution in [0.2, 0.25) is 0 Å². The number of hydrogen-bond acceptors (Lipinski definition) is 4. The predicted octanol–water partition coefficient (Wildman–Crippen LogP) is 2.08. The van der Waals surface area contributed by atoms with Gasteiger partial charge in [-0.1, -0.05) is 0 Å². The fraction of sp³-hybridized carbons (Fsp3) is 0. The summed E-state index contributed by atoms with van der Waals surface area (Å²) in [6, 6.07) is 10.8. The molecule has 24 heavy (non-hydrogen) atoms. The van der Waals surface area contributed by atoms with Crippen LogP contribution in [0.25, 0.3) is 0 Å². The Bertz CT molecular complexity index is 891. The fourth-order valence-corrected chi connectivity index (χ4v) is 2.66. The summed E-state index contributed by atoms with van der Waals surface area (Å²) in [5.41, 5.74) is 4.02. The second-order valence-electron chi connectivity index (χ2n) is 4.93. The molecule has 120 valence electrons. The van der Waals surface area contributed by atoms with Crippen molar-refractivity contribution < 1.29 is 19.5 Å². The van der Waals surface area contributed by atoms with Crippen LogP contribution in [0.1, 0.15) is 26.3 Å². The third-order valence-electron chi connectivity index (χ3n) is 3.36. The number of fused-ring (bicyclic) bond motifs is 1. The van der Waals surface area contributed by atoms with Crippen LogP contribution in [0.15, 0.2) is 47.6 Å². The van der Waals surface area contributed by atoms with Gasteiger partial charge in [-0.25, -0.2) is 10.2 Å². The third kappa shape index (κ3) is 3.13. The van der Waals surface area contributed by atoms with E-state index in [1.807, 2.05) is 6.07 Å². The first-order valence-electron chi connectivity index (χ1n) is 6.78. The first-order chi connectivity index (χ1) is 11.5. The number of aromatic carboxylic acids is 1. The molecule has 0 aromatic heterocycles. The molecule has 0 unspecified atom stereocenters. The number of carboxylic acids is 1. The molecular weight excluding hydrogens is 425 g/mol. The van der Waals surface area contributed by atoms with Crippen molar-refractivity contribution in [3.8, 4) is 0 Å². The number of hydrazone groups is 1. The zero-order valence-corrected chi connectivity index (χ0v) is 14.2. The van der Waals surface area contributed by atoms with Gasteiger partial charge in [-0.3, -0.25) is 9.59 Å². The molecule has 8 heteroatoms. The summed E-state index contributed by atoms with van der Waals surface area (Å²) < 4.78 is 0.936. The number of amides is 2. The van der Waals surface area contributed by atoms with Gasteiger partial charge in [-0.05, 0) is 65.1 Å². The van der Waals surface area contributed by atoms with Gasteiger partial charge in [0.15, 0.2) is 5.71 Å². The molecule has 0 aliphatic carbocycles. The summed E-state index contributed by atoms with van der Waals surface area (Å²) in [7, 11) is 0. The Balaban J connectivity index is 1.81. The molecule has 0 saturated heterocycles. The monoisotopic (exact) mass is 435 g/mol. The maximum absolute atomic E-state index is 12.1. The number of carbonyl (C=O) groups is 3. The number of halogens is 1. The SMILES string of the molecule is O=C1Nc2ccc(I)cc2/C1=N/NC(=O)c1ccc(C(=O)O)cc1. The van der Waals surface area contributed by atoms with E-state index in [4.69, 9.17) is 5.11 Å². The maximum Gasteiger partial charge on any atom is 0.335 e. The summed E-state index contributed by atoms with van der Waals surface area (Å²) in [4.78, 5) is 34.8. The molecule has 2 aromatic rings. The van der Waals surface area contributed by atoms with Gasteiger partial charge in [0.25, 0.3) is 11.8 Å². The normalized spacial score (nSPS) is 14.2. The van der Waals surface area contributed by atoms with Crippen LogP contribution < -0.4 is 10.7 Å². The number of anilines is 1. The van der Waals surface area contributed by atoms with Gasteiger partial charge in [0.2, 0.25) is 0 Å². The number of rotatable bonds is 3. The van der Waals surface area contributed by atoms with Crippen LogP contribution >= 0.6 is 22.6 Å². The second-order valence-corrected chi connectivity index (χ2v) is 6.17. The molecule has 7 nitrogen and oxygen atoms in total.